The van der Waals surface area contributed by atoms with Gasteiger partial charge in [-0.1, -0.05) is 29.6 Å². The van der Waals surface area contributed by atoms with Gasteiger partial charge in [-0.15, -0.1) is 0 Å². The van der Waals surface area contributed by atoms with Gasteiger partial charge in [0.1, 0.15) is 7.85 Å². The fourth-order valence-electron chi connectivity index (χ4n) is 1.79. The fourth-order valence-corrected chi connectivity index (χ4v) is 1.79. The molecule has 0 nitrogen and oxygen atoms in total. The first-order valence-electron chi connectivity index (χ1n) is 4.43. The summed E-state index contributed by atoms with van der Waals surface area (Å²) in [6.45, 7) is 8.49. The van der Waals surface area contributed by atoms with Gasteiger partial charge >= 0.3 is 0 Å². The molecule has 0 bridgehead atoms. The van der Waals surface area contributed by atoms with Crippen molar-refractivity contribution >= 4 is 13.3 Å². The van der Waals surface area contributed by atoms with Gasteiger partial charge in [-0.3, -0.25) is 0 Å². The van der Waals surface area contributed by atoms with Gasteiger partial charge in [-0.2, -0.15) is 0 Å². The Morgan fingerprint density at radius 2 is 1.75 bits per heavy atom. The molecule has 0 fully saturated rings. The molecule has 1 heteroatoms. The van der Waals surface area contributed by atoms with Crippen molar-refractivity contribution < 1.29 is 0 Å². The van der Waals surface area contributed by atoms with E-state index >= 15 is 0 Å². The van der Waals surface area contributed by atoms with E-state index in [1.807, 2.05) is 0 Å². The van der Waals surface area contributed by atoms with Crippen molar-refractivity contribution in [1.29, 1.82) is 0 Å². The molecule has 0 N–H and O–H groups in total. The molecule has 1 aromatic rings. The Labute approximate surface area is 76.4 Å². The Hall–Kier alpha value is -0.715. The highest BCUT2D eigenvalue weighted by Crippen LogP contribution is 2.13. The van der Waals surface area contributed by atoms with Crippen LogP contribution in [0.15, 0.2) is 6.07 Å². The van der Waals surface area contributed by atoms with Gasteiger partial charge in [-0.25, -0.2) is 0 Å². The van der Waals surface area contributed by atoms with Gasteiger partial charge in [0.05, 0.1) is 0 Å². The summed E-state index contributed by atoms with van der Waals surface area (Å²) < 4.78 is 0. The van der Waals surface area contributed by atoms with Crippen LogP contribution in [0, 0.1) is 20.8 Å². The van der Waals surface area contributed by atoms with Crippen LogP contribution in [-0.2, 0) is 6.42 Å². The van der Waals surface area contributed by atoms with E-state index < -0.39 is 0 Å². The second-order valence-electron chi connectivity index (χ2n) is 3.38. The van der Waals surface area contributed by atoms with Crippen molar-refractivity contribution in [3.05, 3.63) is 28.3 Å². The minimum atomic E-state index is 0.956. The SMILES string of the molecule is [B]c1c(C)cc(C)c(CC)c1C. The van der Waals surface area contributed by atoms with Crippen LogP contribution in [-0.4, -0.2) is 7.85 Å². The van der Waals surface area contributed by atoms with Crippen molar-refractivity contribution in [3.63, 3.8) is 0 Å². The summed E-state index contributed by atoms with van der Waals surface area (Å²) in [5, 5.41) is 0. The van der Waals surface area contributed by atoms with Gasteiger partial charge in [0.15, 0.2) is 0 Å². The first-order chi connectivity index (χ1) is 5.57. The fraction of sp³-hybridized carbons (Fsp3) is 0.455. The van der Waals surface area contributed by atoms with Gasteiger partial charge in [0, 0.05) is 0 Å². The summed E-state index contributed by atoms with van der Waals surface area (Å²) in [6.07, 6.45) is 1.07. The number of rotatable bonds is 1. The summed E-state index contributed by atoms with van der Waals surface area (Å²) in [5.74, 6) is 0. The quantitative estimate of drug-likeness (QED) is 0.548. The monoisotopic (exact) mass is 158 g/mol. The molecule has 0 heterocycles. The predicted molar refractivity (Wildman–Crippen MR) is 55.4 cm³/mol. The minimum absolute atomic E-state index is 0.956. The molecule has 0 amide bonds. The number of benzene rings is 1. The van der Waals surface area contributed by atoms with E-state index in [0.717, 1.165) is 11.9 Å². The average Bonchev–Trinajstić information content (AvgIpc) is 2.01. The second-order valence-corrected chi connectivity index (χ2v) is 3.38. The molecule has 2 radical (unpaired) electrons. The van der Waals surface area contributed by atoms with E-state index in [-0.39, 0.29) is 0 Å². The zero-order valence-corrected chi connectivity index (χ0v) is 8.36. The Morgan fingerprint density at radius 3 is 2.25 bits per heavy atom. The van der Waals surface area contributed by atoms with Crippen LogP contribution in [0.5, 0.6) is 0 Å². The summed E-state index contributed by atoms with van der Waals surface area (Å²) in [5.41, 5.74) is 6.18. The van der Waals surface area contributed by atoms with Gasteiger partial charge in [-0.05, 0) is 38.3 Å². The van der Waals surface area contributed by atoms with Crippen molar-refractivity contribution in [2.24, 2.45) is 0 Å². The lowest BCUT2D eigenvalue weighted by Crippen LogP contribution is -2.15. The summed E-state index contributed by atoms with van der Waals surface area (Å²) in [4.78, 5) is 0. The third-order valence-electron chi connectivity index (χ3n) is 2.54. The first kappa shape index (κ1) is 9.37. The molecular weight excluding hydrogens is 143 g/mol. The minimum Gasteiger partial charge on any atom is -0.0907 e. The van der Waals surface area contributed by atoms with E-state index in [2.05, 4.69) is 33.8 Å². The lowest BCUT2D eigenvalue weighted by atomic mass is 9.82. The Bertz CT molecular complexity index is 300. The van der Waals surface area contributed by atoms with E-state index in [1.165, 1.54) is 22.3 Å². The smallest absolute Gasteiger partial charge is 0.0907 e. The maximum atomic E-state index is 5.93. The predicted octanol–water partition coefficient (Wildman–Crippen LogP) is 1.97. The van der Waals surface area contributed by atoms with Crippen molar-refractivity contribution in [3.8, 4) is 0 Å². The van der Waals surface area contributed by atoms with Crippen LogP contribution in [0.2, 0.25) is 0 Å². The molecule has 0 spiro atoms. The standard InChI is InChI=1S/C11H15B/c1-5-10-7(2)6-8(3)11(12)9(10)4/h6H,5H2,1-4H3. The summed E-state index contributed by atoms with van der Waals surface area (Å²) >= 11 is 0. The van der Waals surface area contributed by atoms with Crippen LogP contribution >= 0.6 is 0 Å². The lowest BCUT2D eigenvalue weighted by Gasteiger charge is -2.13. The van der Waals surface area contributed by atoms with Crippen molar-refractivity contribution in [2.45, 2.75) is 34.1 Å². The van der Waals surface area contributed by atoms with Gasteiger partial charge in [0.2, 0.25) is 0 Å². The highest BCUT2D eigenvalue weighted by Gasteiger charge is 2.04. The van der Waals surface area contributed by atoms with Crippen molar-refractivity contribution in [1.82, 2.24) is 0 Å². The van der Waals surface area contributed by atoms with E-state index in [0.29, 0.717) is 0 Å². The van der Waals surface area contributed by atoms with Crippen LogP contribution in [0.3, 0.4) is 0 Å². The van der Waals surface area contributed by atoms with Crippen LogP contribution in [0.25, 0.3) is 0 Å². The second kappa shape index (κ2) is 3.34. The zero-order valence-electron chi connectivity index (χ0n) is 8.36. The molecule has 1 aromatic carbocycles. The molecule has 1 rings (SSSR count). The third-order valence-corrected chi connectivity index (χ3v) is 2.54. The highest BCUT2D eigenvalue weighted by atomic mass is 14.1. The topological polar surface area (TPSA) is 0 Å². The molecule has 0 atom stereocenters. The molecule has 0 aliphatic heterocycles. The molecular formula is C11H15B. The molecule has 0 unspecified atom stereocenters. The van der Waals surface area contributed by atoms with Crippen molar-refractivity contribution in [2.75, 3.05) is 0 Å². The number of hydrogen-bond donors (Lipinski definition) is 0. The molecule has 0 aliphatic carbocycles. The van der Waals surface area contributed by atoms with Crippen LogP contribution in [0.1, 0.15) is 29.2 Å². The lowest BCUT2D eigenvalue weighted by molar-refractivity contribution is 1.08. The highest BCUT2D eigenvalue weighted by molar-refractivity contribution is 6.34. The Balaban J connectivity index is 3.40. The molecule has 0 aromatic heterocycles. The maximum absolute atomic E-state index is 5.93. The summed E-state index contributed by atoms with van der Waals surface area (Å²) in [7, 11) is 5.93. The van der Waals surface area contributed by atoms with E-state index in [1.54, 1.807) is 0 Å². The zero-order chi connectivity index (χ0) is 9.30. The average molecular weight is 158 g/mol. The van der Waals surface area contributed by atoms with Crippen LogP contribution < -0.4 is 5.46 Å². The molecule has 12 heavy (non-hydrogen) atoms. The van der Waals surface area contributed by atoms with Gasteiger partial charge in [0.25, 0.3) is 0 Å². The number of hydrogen-bond acceptors (Lipinski definition) is 0. The van der Waals surface area contributed by atoms with Gasteiger partial charge < -0.3 is 0 Å². The largest absolute Gasteiger partial charge is 0.114 e. The normalized spacial score (nSPS) is 10.3. The van der Waals surface area contributed by atoms with E-state index in [4.69, 9.17) is 7.85 Å². The maximum Gasteiger partial charge on any atom is 0.114 e. The third kappa shape index (κ3) is 1.41. The first-order valence-corrected chi connectivity index (χ1v) is 4.43. The number of aryl methyl sites for hydroxylation is 2. The Morgan fingerprint density at radius 1 is 1.17 bits per heavy atom. The van der Waals surface area contributed by atoms with E-state index in [9.17, 15) is 0 Å². The Kier molecular flexibility index (Phi) is 2.61. The molecule has 0 aliphatic rings. The molecule has 62 valence electrons. The van der Waals surface area contributed by atoms with Crippen LogP contribution in [0.4, 0.5) is 0 Å². The summed E-state index contributed by atoms with van der Waals surface area (Å²) in [6, 6.07) is 2.17. The molecule has 0 saturated carbocycles. The molecule has 0 saturated heterocycles.